The van der Waals surface area contributed by atoms with Crippen molar-refractivity contribution in [1.82, 2.24) is 0 Å². The zero-order valence-corrected chi connectivity index (χ0v) is 14.0. The maximum atomic E-state index is 11.3. The van der Waals surface area contributed by atoms with Crippen LogP contribution in [0.3, 0.4) is 0 Å². The topological polar surface area (TPSA) is 49.8 Å². The number of benzene rings is 1. The number of hydrogen-bond acceptors (Lipinski definition) is 4. The molecule has 7 heteroatoms. The Morgan fingerprint density at radius 1 is 1.52 bits per heavy atom. The molecule has 2 aromatic rings. The highest BCUT2D eigenvalue weighted by Crippen LogP contribution is 2.38. The fourth-order valence-electron chi connectivity index (χ4n) is 2.29. The minimum Gasteiger partial charge on any atom is -0.489 e. The van der Waals surface area contributed by atoms with Gasteiger partial charge in [-0.2, -0.15) is 0 Å². The number of hydrogen-bond donors (Lipinski definition) is 1. The summed E-state index contributed by atoms with van der Waals surface area (Å²) in [7, 11) is 0. The second-order valence-electron chi connectivity index (χ2n) is 4.56. The number of rotatable bonds is 3. The number of aromatic carboxylic acids is 1. The molecule has 1 aliphatic heterocycles. The lowest BCUT2D eigenvalue weighted by Crippen LogP contribution is -2.32. The lowest BCUT2D eigenvalue weighted by Gasteiger charge is -2.31. The molecule has 1 N–H and O–H groups in total. The third-order valence-corrected chi connectivity index (χ3v) is 5.68. The van der Waals surface area contributed by atoms with Crippen molar-refractivity contribution in [3.63, 3.8) is 0 Å². The van der Waals surface area contributed by atoms with E-state index in [1.807, 2.05) is 12.1 Å². The van der Waals surface area contributed by atoms with Crippen molar-refractivity contribution in [2.45, 2.75) is 6.54 Å². The monoisotopic (exact) mass is 387 g/mol. The van der Waals surface area contributed by atoms with Crippen LogP contribution in [-0.4, -0.2) is 24.2 Å². The number of carboxylic acids is 1. The van der Waals surface area contributed by atoms with E-state index in [1.54, 1.807) is 12.1 Å². The molecule has 110 valence electrons. The number of para-hydroxylation sites is 1. The quantitative estimate of drug-likeness (QED) is 0.853. The zero-order valence-electron chi connectivity index (χ0n) is 10.8. The minimum atomic E-state index is -0.976. The summed E-state index contributed by atoms with van der Waals surface area (Å²) in [6.45, 7) is 1.86. The third kappa shape index (κ3) is 2.88. The molecule has 3 rings (SSSR count). The van der Waals surface area contributed by atoms with Gasteiger partial charge < -0.3 is 14.7 Å². The van der Waals surface area contributed by atoms with E-state index >= 15 is 0 Å². The molecule has 0 amide bonds. The van der Waals surface area contributed by atoms with Crippen molar-refractivity contribution in [2.75, 3.05) is 18.1 Å². The highest BCUT2D eigenvalue weighted by atomic mass is 79.9. The molecular weight excluding hydrogens is 378 g/mol. The molecular formula is C14H11BrClNO3S. The second kappa shape index (κ2) is 5.87. The Hall–Kier alpha value is -1.24. The van der Waals surface area contributed by atoms with E-state index in [0.29, 0.717) is 25.4 Å². The van der Waals surface area contributed by atoms with Crippen LogP contribution in [0.15, 0.2) is 28.7 Å². The molecule has 2 heterocycles. The van der Waals surface area contributed by atoms with Crippen LogP contribution < -0.4 is 9.64 Å². The van der Waals surface area contributed by atoms with Crippen molar-refractivity contribution >= 4 is 50.5 Å². The Morgan fingerprint density at radius 2 is 2.33 bits per heavy atom. The highest BCUT2D eigenvalue weighted by molar-refractivity contribution is 9.10. The second-order valence-corrected chi connectivity index (χ2v) is 7.16. The van der Waals surface area contributed by atoms with Crippen molar-refractivity contribution in [2.24, 2.45) is 0 Å². The molecule has 1 aromatic heterocycles. The molecule has 21 heavy (non-hydrogen) atoms. The number of nitrogens with zero attached hydrogens (tertiary/aromatic N) is 1. The molecule has 1 aliphatic rings. The lowest BCUT2D eigenvalue weighted by molar-refractivity contribution is 0.0692. The van der Waals surface area contributed by atoms with Gasteiger partial charge >= 0.3 is 5.97 Å². The number of carbonyl (C=O) groups is 1. The van der Waals surface area contributed by atoms with Crippen molar-refractivity contribution < 1.29 is 14.6 Å². The normalized spacial score (nSPS) is 13.7. The Morgan fingerprint density at radius 3 is 3.00 bits per heavy atom. The minimum absolute atomic E-state index is 0.197. The van der Waals surface area contributed by atoms with Gasteiger partial charge in [0.15, 0.2) is 5.75 Å². The van der Waals surface area contributed by atoms with Crippen molar-refractivity contribution in [1.29, 1.82) is 0 Å². The van der Waals surface area contributed by atoms with Gasteiger partial charge in [0.05, 0.1) is 18.8 Å². The Kier molecular flexibility index (Phi) is 4.10. The average Bonchev–Trinajstić information content (AvgIpc) is 2.77. The van der Waals surface area contributed by atoms with E-state index in [1.165, 1.54) is 11.3 Å². The van der Waals surface area contributed by atoms with Crippen molar-refractivity contribution in [3.8, 4) is 5.75 Å². The largest absolute Gasteiger partial charge is 0.489 e. The zero-order chi connectivity index (χ0) is 15.0. The smallest absolute Gasteiger partial charge is 0.339 e. The van der Waals surface area contributed by atoms with E-state index in [-0.39, 0.29) is 5.56 Å². The first-order valence-electron chi connectivity index (χ1n) is 6.24. The van der Waals surface area contributed by atoms with Crippen LogP contribution in [0, 0.1) is 0 Å². The standard InChI is InChI=1S/C14H11BrClNO3S/c15-10-6-8(21-13(10)16)7-17-4-5-20-12-9(14(18)19)2-1-3-11(12)17/h1-3,6H,4-5,7H2,(H,18,19). The number of fused-ring (bicyclic) bond motifs is 1. The summed E-state index contributed by atoms with van der Waals surface area (Å²) in [5, 5.41) is 9.24. The molecule has 0 unspecified atom stereocenters. The van der Waals surface area contributed by atoms with E-state index in [9.17, 15) is 9.90 Å². The summed E-state index contributed by atoms with van der Waals surface area (Å²) in [4.78, 5) is 14.5. The molecule has 0 saturated carbocycles. The number of halogens is 2. The average molecular weight is 389 g/mol. The molecule has 4 nitrogen and oxygen atoms in total. The molecule has 0 spiro atoms. The number of ether oxygens (including phenoxy) is 1. The van der Waals surface area contributed by atoms with Crippen LogP contribution in [0.25, 0.3) is 0 Å². The van der Waals surface area contributed by atoms with Crippen molar-refractivity contribution in [3.05, 3.63) is 43.5 Å². The molecule has 0 aliphatic carbocycles. The first-order chi connectivity index (χ1) is 10.1. The van der Waals surface area contributed by atoms with Gasteiger partial charge in [-0.15, -0.1) is 11.3 Å². The number of anilines is 1. The summed E-state index contributed by atoms with van der Waals surface area (Å²) in [5.41, 5.74) is 1.00. The van der Waals surface area contributed by atoms with E-state index in [2.05, 4.69) is 20.8 Å². The van der Waals surface area contributed by atoms with E-state index in [4.69, 9.17) is 16.3 Å². The summed E-state index contributed by atoms with van der Waals surface area (Å²) < 4.78 is 7.16. The van der Waals surface area contributed by atoms with Crippen LogP contribution in [0.5, 0.6) is 5.75 Å². The SMILES string of the molecule is O=C(O)c1cccc2c1OCCN2Cc1cc(Br)c(Cl)s1. The fraction of sp³-hybridized carbons (Fsp3) is 0.214. The highest BCUT2D eigenvalue weighted by Gasteiger charge is 2.24. The fourth-order valence-corrected chi connectivity index (χ4v) is 4.10. The van der Waals surface area contributed by atoms with Gasteiger partial charge in [-0.05, 0) is 34.1 Å². The Labute approximate surface area is 139 Å². The van der Waals surface area contributed by atoms with Crippen LogP contribution in [0.1, 0.15) is 15.2 Å². The van der Waals surface area contributed by atoms with E-state index in [0.717, 1.165) is 19.4 Å². The maximum Gasteiger partial charge on any atom is 0.339 e. The molecule has 0 saturated heterocycles. The summed E-state index contributed by atoms with van der Waals surface area (Å²) in [6.07, 6.45) is 0. The first kappa shape index (κ1) is 14.7. The van der Waals surface area contributed by atoms with Crippen LogP contribution >= 0.6 is 38.9 Å². The van der Waals surface area contributed by atoms with Gasteiger partial charge in [0.1, 0.15) is 16.5 Å². The summed E-state index contributed by atoms with van der Waals surface area (Å²) >= 11 is 11.0. The third-order valence-electron chi connectivity index (χ3n) is 3.22. The van der Waals surface area contributed by atoms with E-state index < -0.39 is 5.97 Å². The van der Waals surface area contributed by atoms with Gasteiger partial charge in [-0.1, -0.05) is 17.7 Å². The summed E-state index contributed by atoms with van der Waals surface area (Å²) in [5.74, 6) is -0.534. The Bertz CT molecular complexity index is 684. The Balaban J connectivity index is 1.93. The number of thiophene rings is 1. The maximum absolute atomic E-state index is 11.3. The molecule has 0 atom stereocenters. The molecule has 0 radical (unpaired) electrons. The van der Waals surface area contributed by atoms with Gasteiger partial charge in [0, 0.05) is 9.35 Å². The number of carboxylic acid groups (broad SMARTS) is 1. The lowest BCUT2D eigenvalue weighted by atomic mass is 10.1. The predicted octanol–water partition coefficient (Wildman–Crippen LogP) is 4.26. The van der Waals surface area contributed by atoms with Gasteiger partial charge in [-0.3, -0.25) is 0 Å². The predicted molar refractivity (Wildman–Crippen MR) is 87.0 cm³/mol. The molecule has 0 bridgehead atoms. The van der Waals surface area contributed by atoms with Gasteiger partial charge in [0.2, 0.25) is 0 Å². The first-order valence-corrected chi connectivity index (χ1v) is 8.23. The van der Waals surface area contributed by atoms with Crippen LogP contribution in [-0.2, 0) is 6.54 Å². The summed E-state index contributed by atoms with van der Waals surface area (Å²) in [6, 6.07) is 7.17. The van der Waals surface area contributed by atoms with Crippen LogP contribution in [0.4, 0.5) is 5.69 Å². The molecule has 1 aromatic carbocycles. The van der Waals surface area contributed by atoms with Crippen LogP contribution in [0.2, 0.25) is 4.34 Å². The molecule has 0 fully saturated rings. The van der Waals surface area contributed by atoms with Gasteiger partial charge in [-0.25, -0.2) is 4.79 Å². The van der Waals surface area contributed by atoms with Gasteiger partial charge in [0.25, 0.3) is 0 Å².